The van der Waals surface area contributed by atoms with Gasteiger partial charge in [0.15, 0.2) is 0 Å². The van der Waals surface area contributed by atoms with Gasteiger partial charge in [0.05, 0.1) is 46.2 Å². The summed E-state index contributed by atoms with van der Waals surface area (Å²) in [5.74, 6) is -0.0387. The van der Waals surface area contributed by atoms with Crippen LogP contribution in [0.25, 0.3) is 0 Å². The van der Waals surface area contributed by atoms with Crippen molar-refractivity contribution in [3.05, 3.63) is 35.9 Å². The molecular formula is C77H181NO36SSi10. The largest absolute Gasteiger partial charge is 0.505 e. The van der Waals surface area contributed by atoms with Crippen molar-refractivity contribution in [2.75, 3.05) is 275 Å². The van der Waals surface area contributed by atoms with Gasteiger partial charge in [-0.3, -0.25) is 4.79 Å². The molecule has 3 N–H and O–H groups in total. The lowest BCUT2D eigenvalue weighted by atomic mass is 9.84. The molecule has 2 heterocycles. The number of thiol groups is 1. The zero-order valence-corrected chi connectivity index (χ0v) is 95.5. The number of hydrogen-bond acceptors (Lipinski definition) is 37. The molecule has 0 spiro atoms. The van der Waals surface area contributed by atoms with Crippen molar-refractivity contribution in [1.82, 2.24) is 0 Å². The van der Waals surface area contributed by atoms with Crippen molar-refractivity contribution in [2.45, 2.75) is 182 Å². The topological polar surface area (TPSA) is 377 Å². The standard InChI is InChI=1S/C15H32O5Si.C11H24O5Si.C10H16O3Si.2C7H18O3Si.C6H17NO3Si.C6H14O5Si.C6H16O3SSi.C5H14O3Si.C4H12O3Si/c1-5-15(13-17-14-15)12-16-10-9-11-21(18-6-2,19-7-3)20-8-4;1-5-11(9-16-10-11)8-15-6-7-17(12-2,13-3)14-4;1-11-14(12-2,13-3)9-10-7-5-4-6-8-10;1-7(2,3)11(8-4,9-5)10-6;1-5-8-11(4,9-6-2)10-7-3;1-8-11(9-2,10-3)6-4-5-7;1-9-12(10-2,11-3)5-4-6(7)8;1-7-11(8-2,9-3)6-4-5-10;1-5-9(6-2,7-3)8-4;1-5-8(4,6-2)7-3/h5-14H2,1-4H3;5-10H2,1-4H3;4-8H,9H2,1-3H3;1-6H3;5-7H2,1-4H3;4-7H2,1-3H3;4-5H2,1-3H3,(H,7,8);10H,4-6H2,1-3H3;5H2,1-4H3;1-4H3. The van der Waals surface area contributed by atoms with Gasteiger partial charge in [-0.25, -0.2) is 0 Å². The molecule has 2 fully saturated rings. The Bertz CT molecular complexity index is 2360. The normalized spacial score (nSPS) is 14.0. The number of aliphatic carboxylic acids is 1. The maximum Gasteiger partial charge on any atom is 0.505 e. The number of ether oxygens (including phenoxy) is 4. The summed E-state index contributed by atoms with van der Waals surface area (Å²) in [6, 6.07) is 15.0. The molecule has 756 valence electrons. The molecule has 0 atom stereocenters. The smallest absolute Gasteiger partial charge is 0.481 e. The van der Waals surface area contributed by atoms with Crippen LogP contribution in [0, 0.1) is 10.8 Å². The molecule has 48 heteroatoms. The van der Waals surface area contributed by atoms with Gasteiger partial charge in [0.1, 0.15) is 0 Å². The second-order valence-electron chi connectivity index (χ2n) is 28.1. The van der Waals surface area contributed by atoms with Gasteiger partial charge in [0.2, 0.25) is 0 Å². The van der Waals surface area contributed by atoms with Crippen molar-refractivity contribution in [2.24, 2.45) is 16.6 Å². The molecule has 2 aliphatic rings. The minimum absolute atomic E-state index is 0.00173. The molecule has 0 unspecified atom stereocenters. The van der Waals surface area contributed by atoms with E-state index in [1.807, 2.05) is 91.9 Å². The van der Waals surface area contributed by atoms with Crippen LogP contribution in [0.3, 0.4) is 0 Å². The van der Waals surface area contributed by atoms with Crippen LogP contribution in [0.2, 0.25) is 54.4 Å². The first-order chi connectivity index (χ1) is 59.2. The Kier molecular flexibility index (Phi) is 89.4. The van der Waals surface area contributed by atoms with E-state index in [9.17, 15) is 4.79 Å². The summed E-state index contributed by atoms with van der Waals surface area (Å²) < 4.78 is 180. The lowest BCUT2D eigenvalue weighted by Gasteiger charge is -2.40. The second kappa shape index (κ2) is 81.0. The van der Waals surface area contributed by atoms with E-state index in [1.54, 1.807) is 149 Å². The van der Waals surface area contributed by atoms with E-state index >= 15 is 0 Å². The van der Waals surface area contributed by atoms with Gasteiger partial charge in [-0.1, -0.05) is 71.9 Å². The Labute approximate surface area is 773 Å². The van der Waals surface area contributed by atoms with Gasteiger partial charge in [0, 0.05) is 295 Å². The van der Waals surface area contributed by atoms with E-state index in [-0.39, 0.29) is 22.3 Å². The Morgan fingerprint density at radius 3 is 0.912 bits per heavy atom. The number of carbonyl (C=O) groups is 1. The molecule has 0 aliphatic carbocycles. The minimum atomic E-state index is -2.66. The average molecular weight is 2010 g/mol. The highest BCUT2D eigenvalue weighted by molar-refractivity contribution is 7.80. The zero-order chi connectivity index (χ0) is 97.7. The highest BCUT2D eigenvalue weighted by Gasteiger charge is 2.51. The van der Waals surface area contributed by atoms with Gasteiger partial charge in [-0.2, -0.15) is 12.6 Å². The summed E-state index contributed by atoms with van der Waals surface area (Å²) in [6.45, 7) is 38.7. The fraction of sp³-hybridized carbons (Fsp3) is 0.909. The maximum atomic E-state index is 10.2. The number of rotatable bonds is 61. The van der Waals surface area contributed by atoms with Crippen molar-refractivity contribution in [3.63, 3.8) is 0 Å². The summed E-state index contributed by atoms with van der Waals surface area (Å²) in [6.07, 6.45) is 4.96. The van der Waals surface area contributed by atoms with Crippen LogP contribution in [0.1, 0.15) is 127 Å². The SMILES string of the molecule is CCC1(COCC[Si](OC)(OC)OC)COC1.CCO[Si](C)(OCC)OCC.CCO[Si](CCCOCC1(CC)COC1)(OCC)OCC.CC[Si](OC)(OC)OC.CO[Si](C)(OC)OC.CO[Si](CCC(=O)O)(OC)OC.CO[Si](CCCN)(OC)OC.CO[Si](CCCS)(OC)OC.CO[Si](Cc1ccccc1)(OC)OC.CO[Si](OC)(OC)C(C)(C)C. The van der Waals surface area contributed by atoms with Gasteiger partial charge in [-0.05, 0) is 91.5 Å². The van der Waals surface area contributed by atoms with Crippen LogP contribution in [0.5, 0.6) is 0 Å². The fourth-order valence-electron chi connectivity index (χ4n) is 11.2. The predicted octanol–water partition coefficient (Wildman–Crippen LogP) is 12.3. The molecular weight excluding hydrogens is 1830 g/mol. The van der Waals surface area contributed by atoms with Gasteiger partial charge in [0.25, 0.3) is 0 Å². The van der Waals surface area contributed by atoms with Gasteiger partial charge in [-0.15, -0.1) is 0 Å². The van der Waals surface area contributed by atoms with E-state index in [2.05, 4.69) is 47.2 Å². The van der Waals surface area contributed by atoms with E-state index in [1.165, 1.54) is 26.9 Å². The molecule has 2 aliphatic heterocycles. The van der Waals surface area contributed by atoms with E-state index in [0.717, 1.165) is 108 Å². The molecule has 2 saturated heterocycles. The molecule has 125 heavy (non-hydrogen) atoms. The Hall–Kier alpha value is -0.191. The first-order valence-corrected chi connectivity index (χ1v) is 62.5. The van der Waals surface area contributed by atoms with Crippen LogP contribution in [0.15, 0.2) is 30.3 Å². The van der Waals surface area contributed by atoms with Crippen molar-refractivity contribution < 1.29 is 162 Å². The van der Waals surface area contributed by atoms with Crippen molar-refractivity contribution >= 4 is 107 Å². The van der Waals surface area contributed by atoms with Crippen molar-refractivity contribution in [1.29, 1.82) is 0 Å². The number of carboxylic acid groups (broad SMARTS) is 1. The number of carboxylic acids is 1. The van der Waals surface area contributed by atoms with Gasteiger partial charge < -0.3 is 163 Å². The highest BCUT2D eigenvalue weighted by atomic mass is 32.1. The van der Waals surface area contributed by atoms with Crippen LogP contribution >= 0.6 is 12.6 Å². The second-order valence-corrected chi connectivity index (χ2v) is 59.3. The lowest BCUT2D eigenvalue weighted by Crippen LogP contribution is -2.51. The summed E-state index contributed by atoms with van der Waals surface area (Å²) in [4.78, 5) is 10.2. The minimum Gasteiger partial charge on any atom is -0.481 e. The third kappa shape index (κ3) is 58.1. The van der Waals surface area contributed by atoms with E-state index in [0.29, 0.717) is 70.9 Å². The molecule has 3 rings (SSSR count). The van der Waals surface area contributed by atoms with Gasteiger partial charge >= 0.3 is 94.0 Å². The Morgan fingerprint density at radius 1 is 0.384 bits per heavy atom. The predicted molar refractivity (Wildman–Crippen MR) is 509 cm³/mol. The first kappa shape index (κ1) is 138. The monoisotopic (exact) mass is 2010 g/mol. The molecule has 0 bridgehead atoms. The quantitative estimate of drug-likeness (QED) is 0.0310. The number of hydrogen-bond donors (Lipinski definition) is 3. The molecule has 0 aromatic heterocycles. The number of nitrogens with two attached hydrogens (primary N) is 1. The highest BCUT2D eigenvalue weighted by Crippen LogP contribution is 2.37. The average Bonchev–Trinajstić information content (AvgIpc) is 1.09. The maximum absolute atomic E-state index is 10.2. The molecule has 0 radical (unpaired) electrons. The summed E-state index contributed by atoms with van der Waals surface area (Å²) in [5, 5.41) is 8.35. The molecule has 1 aromatic rings. The van der Waals surface area contributed by atoms with Crippen LogP contribution < -0.4 is 5.73 Å². The summed E-state index contributed by atoms with van der Waals surface area (Å²) in [7, 11) is 14.6. The lowest BCUT2D eigenvalue weighted by molar-refractivity contribution is -0.150. The zero-order valence-electron chi connectivity index (χ0n) is 84.7. The third-order valence-electron chi connectivity index (χ3n) is 19.7. The van der Waals surface area contributed by atoms with Crippen LogP contribution in [-0.2, 0) is 163 Å². The Morgan fingerprint density at radius 2 is 0.688 bits per heavy atom. The molecule has 1 aromatic carbocycles. The van der Waals surface area contributed by atoms with Crippen LogP contribution in [-0.4, -0.2) is 375 Å². The van der Waals surface area contributed by atoms with E-state index in [4.69, 9.17) is 163 Å². The van der Waals surface area contributed by atoms with E-state index < -0.39 is 94.0 Å². The van der Waals surface area contributed by atoms with Crippen molar-refractivity contribution in [3.8, 4) is 0 Å². The molecule has 0 amide bonds. The fourth-order valence-corrected chi connectivity index (χ4v) is 28.5. The summed E-state index contributed by atoms with van der Waals surface area (Å²) >= 11 is 4.10. The summed E-state index contributed by atoms with van der Waals surface area (Å²) in [5.41, 5.74) is 7.02. The first-order valence-electron chi connectivity index (χ1n) is 42.2. The molecule has 37 nitrogen and oxygen atoms in total. The van der Waals surface area contributed by atoms with Crippen LogP contribution in [0.4, 0.5) is 0 Å². The number of benzene rings is 1. The molecule has 0 saturated carbocycles. The Balaban J connectivity index is -0.000000251. The third-order valence-corrected chi connectivity index (χ3v) is 47.8.